The Balaban J connectivity index is 2.14. The van der Waals surface area contributed by atoms with Crippen molar-refractivity contribution in [3.8, 4) is 11.6 Å². The van der Waals surface area contributed by atoms with E-state index in [1.807, 2.05) is 0 Å². The van der Waals surface area contributed by atoms with Crippen molar-refractivity contribution in [1.82, 2.24) is 9.97 Å². The van der Waals surface area contributed by atoms with E-state index in [-0.39, 0.29) is 6.42 Å². The molecule has 0 fully saturated rings. The molecule has 0 aliphatic rings. The first-order chi connectivity index (χ1) is 8.66. The summed E-state index contributed by atoms with van der Waals surface area (Å²) in [5.74, 6) is 0.906. The number of hydrogen-bond donors (Lipinski definition) is 1. The van der Waals surface area contributed by atoms with E-state index in [1.54, 1.807) is 42.6 Å². The van der Waals surface area contributed by atoms with Gasteiger partial charge in [-0.25, -0.2) is 9.97 Å². The average Bonchev–Trinajstić information content (AvgIpc) is 2.90. The Bertz CT molecular complexity index is 525. The summed E-state index contributed by atoms with van der Waals surface area (Å²) >= 11 is 0. The summed E-state index contributed by atoms with van der Waals surface area (Å²) in [5, 5.41) is 8.64. The summed E-state index contributed by atoms with van der Waals surface area (Å²) in [6.07, 6.45) is 3.24. The molecule has 0 saturated carbocycles. The number of aliphatic carboxylic acids is 1. The molecule has 6 nitrogen and oxygen atoms in total. The second-order valence-corrected chi connectivity index (χ2v) is 3.78. The van der Waals surface area contributed by atoms with Crippen molar-refractivity contribution < 1.29 is 14.3 Å². The van der Waals surface area contributed by atoms with Crippen LogP contribution in [0.2, 0.25) is 0 Å². The van der Waals surface area contributed by atoms with Gasteiger partial charge in [0.2, 0.25) is 0 Å². The lowest BCUT2D eigenvalue weighted by Crippen LogP contribution is -2.22. The Morgan fingerprint density at radius 1 is 1.50 bits per heavy atom. The van der Waals surface area contributed by atoms with Gasteiger partial charge in [-0.1, -0.05) is 0 Å². The third-order valence-electron chi connectivity index (χ3n) is 2.43. The quantitative estimate of drug-likeness (QED) is 0.865. The standard InChI is InChI=1S/C12H13N3O3/c1-15(7-5-11(16)17)10-4-6-13-12(14-10)9-3-2-8-18-9/h2-4,6,8H,5,7H2,1H3,(H,16,17). The zero-order chi connectivity index (χ0) is 13.0. The molecule has 0 amide bonds. The third kappa shape index (κ3) is 2.85. The molecule has 0 spiro atoms. The molecule has 2 heterocycles. The number of carbonyl (C=O) groups is 1. The Kier molecular flexibility index (Phi) is 3.57. The lowest BCUT2D eigenvalue weighted by Gasteiger charge is -2.16. The number of nitrogens with zero attached hydrogens (tertiary/aromatic N) is 3. The minimum Gasteiger partial charge on any atom is -0.481 e. The summed E-state index contributed by atoms with van der Waals surface area (Å²) in [7, 11) is 1.79. The summed E-state index contributed by atoms with van der Waals surface area (Å²) in [6, 6.07) is 5.27. The number of rotatable bonds is 5. The van der Waals surface area contributed by atoms with Gasteiger partial charge in [0.05, 0.1) is 12.7 Å². The van der Waals surface area contributed by atoms with Crippen LogP contribution in [-0.4, -0.2) is 34.6 Å². The molecule has 0 unspecified atom stereocenters. The fourth-order valence-electron chi connectivity index (χ4n) is 1.46. The van der Waals surface area contributed by atoms with E-state index < -0.39 is 5.97 Å². The molecular formula is C12H13N3O3. The fraction of sp³-hybridized carbons (Fsp3) is 0.250. The smallest absolute Gasteiger partial charge is 0.305 e. The van der Waals surface area contributed by atoms with E-state index >= 15 is 0 Å². The average molecular weight is 247 g/mol. The number of hydrogen-bond acceptors (Lipinski definition) is 5. The van der Waals surface area contributed by atoms with Crippen LogP contribution >= 0.6 is 0 Å². The van der Waals surface area contributed by atoms with Crippen LogP contribution in [0.25, 0.3) is 11.6 Å². The van der Waals surface area contributed by atoms with Gasteiger partial charge in [0.15, 0.2) is 11.6 Å². The maximum Gasteiger partial charge on any atom is 0.305 e. The van der Waals surface area contributed by atoms with Crippen LogP contribution in [0.15, 0.2) is 35.1 Å². The summed E-state index contributed by atoms with van der Waals surface area (Å²) in [6.45, 7) is 0.393. The van der Waals surface area contributed by atoms with Crippen LogP contribution in [0.5, 0.6) is 0 Å². The highest BCUT2D eigenvalue weighted by atomic mass is 16.4. The highest BCUT2D eigenvalue weighted by molar-refractivity contribution is 5.67. The number of anilines is 1. The van der Waals surface area contributed by atoms with Crippen LogP contribution in [0.4, 0.5) is 5.82 Å². The molecule has 18 heavy (non-hydrogen) atoms. The molecule has 0 radical (unpaired) electrons. The van der Waals surface area contributed by atoms with Crippen molar-refractivity contribution in [2.75, 3.05) is 18.5 Å². The third-order valence-corrected chi connectivity index (χ3v) is 2.43. The molecule has 0 aliphatic heterocycles. The molecule has 0 atom stereocenters. The van der Waals surface area contributed by atoms with Crippen molar-refractivity contribution in [3.63, 3.8) is 0 Å². The molecule has 2 aromatic rings. The topological polar surface area (TPSA) is 79.5 Å². The predicted molar refractivity (Wildman–Crippen MR) is 65.3 cm³/mol. The van der Waals surface area contributed by atoms with Gasteiger partial charge in [0.25, 0.3) is 0 Å². The minimum atomic E-state index is -0.831. The zero-order valence-corrected chi connectivity index (χ0v) is 9.91. The van der Waals surface area contributed by atoms with Gasteiger partial charge in [-0.3, -0.25) is 4.79 Å². The van der Waals surface area contributed by atoms with Crippen LogP contribution in [0, 0.1) is 0 Å². The first-order valence-electron chi connectivity index (χ1n) is 5.46. The highest BCUT2D eigenvalue weighted by Crippen LogP contribution is 2.17. The Morgan fingerprint density at radius 3 is 3.00 bits per heavy atom. The normalized spacial score (nSPS) is 10.3. The van der Waals surface area contributed by atoms with Crippen LogP contribution in [0.1, 0.15) is 6.42 Å². The molecule has 2 rings (SSSR count). The van der Waals surface area contributed by atoms with Crippen molar-refractivity contribution in [2.45, 2.75) is 6.42 Å². The van der Waals surface area contributed by atoms with Crippen LogP contribution < -0.4 is 4.90 Å². The molecule has 6 heteroatoms. The fourth-order valence-corrected chi connectivity index (χ4v) is 1.46. The molecule has 0 bridgehead atoms. The second kappa shape index (κ2) is 5.31. The van der Waals surface area contributed by atoms with E-state index in [1.165, 1.54) is 0 Å². The molecule has 0 aliphatic carbocycles. The lowest BCUT2D eigenvalue weighted by atomic mass is 10.3. The van der Waals surface area contributed by atoms with Gasteiger partial charge < -0.3 is 14.4 Å². The van der Waals surface area contributed by atoms with Gasteiger partial charge in [0, 0.05) is 19.8 Å². The van der Waals surface area contributed by atoms with Gasteiger partial charge in [-0.2, -0.15) is 0 Å². The van der Waals surface area contributed by atoms with Crippen molar-refractivity contribution in [1.29, 1.82) is 0 Å². The van der Waals surface area contributed by atoms with Crippen molar-refractivity contribution in [3.05, 3.63) is 30.7 Å². The highest BCUT2D eigenvalue weighted by Gasteiger charge is 2.09. The van der Waals surface area contributed by atoms with E-state index in [2.05, 4.69) is 9.97 Å². The Morgan fingerprint density at radius 2 is 2.33 bits per heavy atom. The molecule has 0 saturated heterocycles. The van der Waals surface area contributed by atoms with E-state index in [9.17, 15) is 4.79 Å². The van der Waals surface area contributed by atoms with Gasteiger partial charge in [-0.05, 0) is 18.2 Å². The van der Waals surface area contributed by atoms with Crippen molar-refractivity contribution in [2.24, 2.45) is 0 Å². The summed E-state index contributed by atoms with van der Waals surface area (Å²) in [5.41, 5.74) is 0. The van der Waals surface area contributed by atoms with E-state index in [0.29, 0.717) is 23.9 Å². The van der Waals surface area contributed by atoms with E-state index in [4.69, 9.17) is 9.52 Å². The maximum atomic E-state index is 10.5. The first kappa shape index (κ1) is 12.1. The zero-order valence-electron chi connectivity index (χ0n) is 9.91. The van der Waals surface area contributed by atoms with Gasteiger partial charge >= 0.3 is 5.97 Å². The largest absolute Gasteiger partial charge is 0.481 e. The molecular weight excluding hydrogens is 234 g/mol. The number of furan rings is 1. The first-order valence-corrected chi connectivity index (χ1v) is 5.46. The van der Waals surface area contributed by atoms with Crippen LogP contribution in [-0.2, 0) is 4.79 Å². The molecule has 94 valence electrons. The molecule has 0 aromatic carbocycles. The maximum absolute atomic E-state index is 10.5. The summed E-state index contributed by atoms with van der Waals surface area (Å²) in [4.78, 5) is 20.7. The monoisotopic (exact) mass is 247 g/mol. The van der Waals surface area contributed by atoms with Crippen LogP contribution in [0.3, 0.4) is 0 Å². The minimum absolute atomic E-state index is 0.0661. The Labute approximate surface area is 104 Å². The number of aromatic nitrogens is 2. The molecule has 2 aromatic heterocycles. The van der Waals surface area contributed by atoms with Gasteiger partial charge in [0.1, 0.15) is 5.82 Å². The Hall–Kier alpha value is -2.37. The van der Waals surface area contributed by atoms with Crippen molar-refractivity contribution >= 4 is 11.8 Å². The SMILES string of the molecule is CN(CCC(=O)O)c1ccnc(-c2ccco2)n1. The van der Waals surface area contributed by atoms with Gasteiger partial charge in [-0.15, -0.1) is 0 Å². The molecule has 1 N–H and O–H groups in total. The number of carboxylic acid groups (broad SMARTS) is 1. The number of carboxylic acids is 1. The lowest BCUT2D eigenvalue weighted by molar-refractivity contribution is -0.136. The summed E-state index contributed by atoms with van der Waals surface area (Å²) < 4.78 is 5.21. The van der Waals surface area contributed by atoms with E-state index in [0.717, 1.165) is 0 Å². The second-order valence-electron chi connectivity index (χ2n) is 3.78. The predicted octanol–water partition coefficient (Wildman–Crippen LogP) is 1.65.